The predicted octanol–water partition coefficient (Wildman–Crippen LogP) is 2.42. The molecule has 90 valence electrons. The molecule has 2 N–H and O–H groups in total. The molecule has 0 atom stereocenters. The number of benzene rings is 1. The lowest BCUT2D eigenvalue weighted by Gasteiger charge is -1.99. The van der Waals surface area contributed by atoms with Crippen molar-refractivity contribution < 1.29 is 17.7 Å². The number of nitrogen functional groups attached to an aromatic ring is 1. The standard InChI is InChI=1S/C10H8F3N3O/c11-10(12,13)5-8-15-9(17-16-8)6-2-1-3-7(14)4-6/h1-4H,5,14H2. The maximum Gasteiger partial charge on any atom is 0.396 e. The number of rotatable bonds is 2. The van der Waals surface area contributed by atoms with Gasteiger partial charge in [0.25, 0.3) is 5.89 Å². The Bertz CT molecular complexity index is 522. The van der Waals surface area contributed by atoms with Crippen molar-refractivity contribution in [1.82, 2.24) is 10.1 Å². The molecule has 0 aliphatic heterocycles. The molecule has 0 aliphatic carbocycles. The molecule has 4 nitrogen and oxygen atoms in total. The Kier molecular flexibility index (Phi) is 2.74. The fraction of sp³-hybridized carbons (Fsp3) is 0.200. The van der Waals surface area contributed by atoms with Gasteiger partial charge in [-0.1, -0.05) is 11.2 Å². The normalized spacial score (nSPS) is 11.7. The van der Waals surface area contributed by atoms with Gasteiger partial charge in [-0.15, -0.1) is 0 Å². The zero-order valence-corrected chi connectivity index (χ0v) is 8.53. The van der Waals surface area contributed by atoms with Crippen molar-refractivity contribution in [2.45, 2.75) is 12.6 Å². The molecule has 0 fully saturated rings. The van der Waals surface area contributed by atoms with Gasteiger partial charge in [0.2, 0.25) is 0 Å². The van der Waals surface area contributed by atoms with Crippen molar-refractivity contribution in [3.8, 4) is 11.5 Å². The van der Waals surface area contributed by atoms with Gasteiger partial charge in [0.15, 0.2) is 5.82 Å². The Morgan fingerprint density at radius 1 is 1.29 bits per heavy atom. The van der Waals surface area contributed by atoms with Gasteiger partial charge in [0, 0.05) is 11.3 Å². The van der Waals surface area contributed by atoms with Crippen LogP contribution in [0.4, 0.5) is 18.9 Å². The number of nitrogens with zero attached hydrogens (tertiary/aromatic N) is 2. The van der Waals surface area contributed by atoms with E-state index in [1.807, 2.05) is 0 Å². The van der Waals surface area contributed by atoms with Gasteiger partial charge in [0.05, 0.1) is 0 Å². The summed E-state index contributed by atoms with van der Waals surface area (Å²) in [6.45, 7) is 0. The predicted molar refractivity (Wildman–Crippen MR) is 53.9 cm³/mol. The second-order valence-corrected chi connectivity index (χ2v) is 3.43. The number of hydrogen-bond acceptors (Lipinski definition) is 4. The Hall–Kier alpha value is -2.05. The minimum absolute atomic E-state index is 0.0246. The number of aromatic nitrogens is 2. The van der Waals surface area contributed by atoms with Gasteiger partial charge >= 0.3 is 6.18 Å². The summed E-state index contributed by atoms with van der Waals surface area (Å²) in [5.41, 5.74) is 6.50. The van der Waals surface area contributed by atoms with E-state index >= 15 is 0 Å². The first-order valence-corrected chi connectivity index (χ1v) is 4.69. The van der Waals surface area contributed by atoms with E-state index in [4.69, 9.17) is 10.3 Å². The smallest absolute Gasteiger partial charge is 0.396 e. The van der Waals surface area contributed by atoms with Crippen molar-refractivity contribution in [2.24, 2.45) is 0 Å². The van der Waals surface area contributed by atoms with Crippen LogP contribution in [0.2, 0.25) is 0 Å². The van der Waals surface area contributed by atoms with E-state index in [2.05, 4.69) is 10.1 Å². The van der Waals surface area contributed by atoms with Crippen LogP contribution in [0.15, 0.2) is 28.8 Å². The van der Waals surface area contributed by atoms with Crippen molar-refractivity contribution >= 4 is 5.69 Å². The van der Waals surface area contributed by atoms with Crippen LogP contribution in [0, 0.1) is 0 Å². The van der Waals surface area contributed by atoms with Crippen LogP contribution in [0.3, 0.4) is 0 Å². The van der Waals surface area contributed by atoms with Crippen LogP contribution in [0.5, 0.6) is 0 Å². The average molecular weight is 243 g/mol. The highest BCUT2D eigenvalue weighted by atomic mass is 19.4. The minimum Gasteiger partial charge on any atom is -0.399 e. The maximum absolute atomic E-state index is 12.1. The molecule has 0 spiro atoms. The monoisotopic (exact) mass is 243 g/mol. The largest absolute Gasteiger partial charge is 0.399 e. The first-order valence-electron chi connectivity index (χ1n) is 4.69. The molecule has 17 heavy (non-hydrogen) atoms. The van der Waals surface area contributed by atoms with Gasteiger partial charge in [-0.05, 0) is 18.2 Å². The summed E-state index contributed by atoms with van der Waals surface area (Å²) >= 11 is 0. The molecule has 2 rings (SSSR count). The third kappa shape index (κ3) is 2.96. The molecular weight excluding hydrogens is 235 g/mol. The summed E-state index contributed by atoms with van der Waals surface area (Å²) in [6, 6.07) is 6.47. The second-order valence-electron chi connectivity index (χ2n) is 3.43. The summed E-state index contributed by atoms with van der Waals surface area (Å²) < 4.78 is 41.0. The fourth-order valence-corrected chi connectivity index (χ4v) is 1.29. The summed E-state index contributed by atoms with van der Waals surface area (Å²) in [5.74, 6) is -0.369. The van der Waals surface area contributed by atoms with Crippen molar-refractivity contribution in [2.75, 3.05) is 5.73 Å². The number of halogens is 3. The van der Waals surface area contributed by atoms with E-state index in [1.54, 1.807) is 24.3 Å². The van der Waals surface area contributed by atoms with Crippen molar-refractivity contribution in [3.05, 3.63) is 30.1 Å². The van der Waals surface area contributed by atoms with Crippen LogP contribution in [-0.2, 0) is 6.42 Å². The van der Waals surface area contributed by atoms with Gasteiger partial charge < -0.3 is 10.3 Å². The lowest BCUT2D eigenvalue weighted by Crippen LogP contribution is -2.12. The Balaban J connectivity index is 2.24. The Morgan fingerprint density at radius 2 is 2.06 bits per heavy atom. The van der Waals surface area contributed by atoms with Gasteiger partial charge in [0.1, 0.15) is 6.42 Å². The van der Waals surface area contributed by atoms with E-state index in [0.29, 0.717) is 11.3 Å². The summed E-state index contributed by atoms with van der Waals surface area (Å²) in [4.78, 5) is 3.65. The van der Waals surface area contributed by atoms with Crippen LogP contribution in [-0.4, -0.2) is 16.3 Å². The molecule has 0 radical (unpaired) electrons. The molecule has 1 aromatic heterocycles. The van der Waals surface area contributed by atoms with Crippen LogP contribution >= 0.6 is 0 Å². The maximum atomic E-state index is 12.1. The van der Waals surface area contributed by atoms with Gasteiger partial charge in [-0.25, -0.2) is 0 Å². The zero-order valence-electron chi connectivity index (χ0n) is 8.53. The summed E-state index contributed by atoms with van der Waals surface area (Å²) in [5, 5.41) is 3.26. The molecule has 0 bridgehead atoms. The third-order valence-electron chi connectivity index (χ3n) is 1.96. The molecule has 0 saturated carbocycles. The number of anilines is 1. The summed E-state index contributed by atoms with van der Waals surface area (Å²) in [7, 11) is 0. The van der Waals surface area contributed by atoms with Crippen LogP contribution < -0.4 is 5.73 Å². The minimum atomic E-state index is -4.35. The number of hydrogen-bond donors (Lipinski definition) is 1. The molecule has 1 heterocycles. The van der Waals surface area contributed by atoms with Gasteiger partial charge in [-0.2, -0.15) is 18.2 Å². The Morgan fingerprint density at radius 3 is 2.71 bits per heavy atom. The summed E-state index contributed by atoms with van der Waals surface area (Å²) in [6.07, 6.45) is -5.56. The van der Waals surface area contributed by atoms with Crippen molar-refractivity contribution in [3.63, 3.8) is 0 Å². The average Bonchev–Trinajstić information content (AvgIpc) is 2.63. The molecule has 0 saturated heterocycles. The third-order valence-corrected chi connectivity index (χ3v) is 1.96. The molecule has 0 amide bonds. The highest BCUT2D eigenvalue weighted by molar-refractivity contribution is 5.59. The molecule has 0 unspecified atom stereocenters. The SMILES string of the molecule is Nc1cccc(-c2nc(CC(F)(F)F)no2)c1. The van der Waals surface area contributed by atoms with Crippen LogP contribution in [0.25, 0.3) is 11.5 Å². The zero-order chi connectivity index (χ0) is 12.5. The lowest BCUT2D eigenvalue weighted by molar-refractivity contribution is -0.128. The molecule has 2 aromatic rings. The van der Waals surface area contributed by atoms with E-state index in [0.717, 1.165) is 0 Å². The van der Waals surface area contributed by atoms with E-state index in [9.17, 15) is 13.2 Å². The van der Waals surface area contributed by atoms with E-state index in [1.165, 1.54) is 0 Å². The van der Waals surface area contributed by atoms with E-state index < -0.39 is 18.4 Å². The quantitative estimate of drug-likeness (QED) is 0.822. The van der Waals surface area contributed by atoms with Gasteiger partial charge in [-0.3, -0.25) is 0 Å². The first kappa shape index (κ1) is 11.4. The molecule has 7 heteroatoms. The highest BCUT2D eigenvalue weighted by Crippen LogP contribution is 2.23. The fourth-order valence-electron chi connectivity index (χ4n) is 1.29. The molecular formula is C10H8F3N3O. The number of alkyl halides is 3. The highest BCUT2D eigenvalue weighted by Gasteiger charge is 2.30. The lowest BCUT2D eigenvalue weighted by atomic mass is 10.2. The second kappa shape index (κ2) is 4.08. The van der Waals surface area contributed by atoms with E-state index in [-0.39, 0.29) is 5.89 Å². The molecule has 1 aromatic carbocycles. The van der Waals surface area contributed by atoms with Crippen LogP contribution in [0.1, 0.15) is 5.82 Å². The molecule has 0 aliphatic rings. The van der Waals surface area contributed by atoms with Crippen molar-refractivity contribution in [1.29, 1.82) is 0 Å². The number of nitrogens with two attached hydrogens (primary N) is 1. The topological polar surface area (TPSA) is 64.9 Å². The first-order chi connectivity index (χ1) is 7.94. The Labute approximate surface area is 94.2 Å².